The fourth-order valence-electron chi connectivity index (χ4n) is 5.22. The van der Waals surface area contributed by atoms with Crippen LogP contribution in [0.2, 0.25) is 0 Å². The van der Waals surface area contributed by atoms with Gasteiger partial charge < -0.3 is 10.1 Å². The monoisotopic (exact) mass is 464 g/mol. The number of rotatable bonds is 5. The van der Waals surface area contributed by atoms with E-state index in [2.05, 4.69) is 38.4 Å². The average molecular weight is 465 g/mol. The number of aromatic nitrogens is 2. The molecule has 6 rings (SSSR count). The number of nitrogens with one attached hydrogen (secondary N) is 1. The summed E-state index contributed by atoms with van der Waals surface area (Å²) in [6, 6.07) is 14.0. The van der Waals surface area contributed by atoms with E-state index in [9.17, 15) is 4.79 Å². The first kappa shape index (κ1) is 20.1. The third-order valence-corrected chi connectivity index (χ3v) is 8.49. The maximum absolute atomic E-state index is 11.5. The molecule has 1 unspecified atom stereocenters. The van der Waals surface area contributed by atoms with Gasteiger partial charge in [-0.1, -0.05) is 11.3 Å². The molecule has 2 bridgehead atoms. The van der Waals surface area contributed by atoms with Crippen LogP contribution in [0.25, 0.3) is 20.4 Å². The lowest BCUT2D eigenvalue weighted by Gasteiger charge is -2.38. The molecule has 3 atom stereocenters. The molecule has 0 aliphatic carbocycles. The molecule has 8 heteroatoms. The Morgan fingerprint density at radius 1 is 1.16 bits per heavy atom. The van der Waals surface area contributed by atoms with Gasteiger partial charge >= 0.3 is 0 Å². The van der Waals surface area contributed by atoms with Crippen LogP contribution in [0.1, 0.15) is 37.5 Å². The summed E-state index contributed by atoms with van der Waals surface area (Å²) in [6.07, 6.45) is 6.35. The van der Waals surface area contributed by atoms with Gasteiger partial charge in [-0.25, -0.2) is 4.98 Å². The van der Waals surface area contributed by atoms with Crippen molar-refractivity contribution in [1.29, 1.82) is 0 Å². The van der Waals surface area contributed by atoms with Crippen LogP contribution in [0.5, 0.6) is 10.9 Å². The van der Waals surface area contributed by atoms with Gasteiger partial charge in [0.15, 0.2) is 5.65 Å². The largest absolute Gasteiger partial charge is 0.431 e. The van der Waals surface area contributed by atoms with E-state index in [4.69, 9.17) is 4.74 Å². The first-order chi connectivity index (χ1) is 15.6. The fourth-order valence-corrected chi connectivity index (χ4v) is 7.12. The second kappa shape index (κ2) is 8.10. The van der Waals surface area contributed by atoms with E-state index < -0.39 is 0 Å². The Morgan fingerprint density at radius 2 is 2.00 bits per heavy atom. The van der Waals surface area contributed by atoms with Crippen LogP contribution in [0, 0.1) is 0 Å². The molecule has 3 aromatic heterocycles. The van der Waals surface area contributed by atoms with E-state index in [1.807, 2.05) is 29.5 Å². The minimum Gasteiger partial charge on any atom is -0.431 e. The molecule has 164 valence electrons. The van der Waals surface area contributed by atoms with Gasteiger partial charge in [0, 0.05) is 47.4 Å². The minimum atomic E-state index is 0.0903. The summed E-state index contributed by atoms with van der Waals surface area (Å²) in [4.78, 5) is 24.3. The summed E-state index contributed by atoms with van der Waals surface area (Å²) in [5.74, 6) is 0.897. The number of carbonyl (C=O) groups is 1. The summed E-state index contributed by atoms with van der Waals surface area (Å²) in [5, 5.41) is 5.01. The lowest BCUT2D eigenvalue weighted by molar-refractivity contribution is -0.120. The summed E-state index contributed by atoms with van der Waals surface area (Å²) in [7, 11) is 0. The molecule has 2 aliphatic heterocycles. The highest BCUT2D eigenvalue weighted by atomic mass is 32.1. The lowest BCUT2D eigenvalue weighted by Crippen LogP contribution is -2.49. The molecule has 2 aliphatic rings. The highest BCUT2D eigenvalue weighted by Gasteiger charge is 2.40. The Hall–Kier alpha value is -2.55. The van der Waals surface area contributed by atoms with Gasteiger partial charge in [-0.15, -0.1) is 11.3 Å². The normalized spacial score (nSPS) is 23.1. The zero-order chi connectivity index (χ0) is 21.7. The summed E-state index contributed by atoms with van der Waals surface area (Å²) in [5.41, 5.74) is 0.726. The maximum atomic E-state index is 11.5. The van der Waals surface area contributed by atoms with Crippen LogP contribution in [-0.2, 0) is 11.3 Å². The third kappa shape index (κ3) is 3.87. The van der Waals surface area contributed by atoms with E-state index in [0.29, 0.717) is 23.3 Å². The van der Waals surface area contributed by atoms with Crippen molar-refractivity contribution < 1.29 is 9.53 Å². The number of fused-ring (bicyclic) bond motifs is 4. The van der Waals surface area contributed by atoms with E-state index >= 15 is 0 Å². The minimum absolute atomic E-state index is 0.0903. The third-order valence-electron chi connectivity index (χ3n) is 6.52. The van der Waals surface area contributed by atoms with Crippen LogP contribution in [0.15, 0.2) is 42.6 Å². The van der Waals surface area contributed by atoms with Crippen LogP contribution in [-0.4, -0.2) is 38.9 Å². The number of nitrogens with zero attached hydrogens (tertiary/aromatic N) is 3. The number of amides is 1. The van der Waals surface area contributed by atoms with Gasteiger partial charge in [-0.2, -0.15) is 4.98 Å². The van der Waals surface area contributed by atoms with Crippen LogP contribution in [0.4, 0.5) is 0 Å². The van der Waals surface area contributed by atoms with Gasteiger partial charge in [-0.05, 0) is 67.5 Å². The van der Waals surface area contributed by atoms with Crippen molar-refractivity contribution >= 4 is 49.0 Å². The Labute approximate surface area is 194 Å². The molecule has 1 amide bonds. The Balaban J connectivity index is 1.17. The fraction of sp³-hybridized carbons (Fsp3) is 0.375. The van der Waals surface area contributed by atoms with E-state index in [1.165, 1.54) is 39.1 Å². The average Bonchev–Trinajstić information content (AvgIpc) is 3.41. The zero-order valence-electron chi connectivity index (χ0n) is 17.8. The highest BCUT2D eigenvalue weighted by Crippen LogP contribution is 2.39. The van der Waals surface area contributed by atoms with Gasteiger partial charge in [0.2, 0.25) is 5.91 Å². The van der Waals surface area contributed by atoms with Crippen LogP contribution < -0.4 is 10.1 Å². The van der Waals surface area contributed by atoms with Gasteiger partial charge in [0.25, 0.3) is 5.19 Å². The molecule has 6 nitrogen and oxygen atoms in total. The maximum Gasteiger partial charge on any atom is 0.281 e. The predicted molar refractivity (Wildman–Crippen MR) is 129 cm³/mol. The Kier molecular flexibility index (Phi) is 5.08. The first-order valence-electron chi connectivity index (χ1n) is 11.1. The molecule has 1 N–H and O–H groups in total. The van der Waals surface area contributed by atoms with Gasteiger partial charge in [0.05, 0.1) is 4.70 Å². The Morgan fingerprint density at radius 3 is 2.78 bits per heavy atom. The number of piperidine rings is 1. The molecule has 0 saturated carbocycles. The molecule has 5 heterocycles. The standard InChI is InChI=1S/C24H24N4O2S2/c1-14(29)26-16-10-17-5-6-18(11-16)28(17)13-20-9-15-4-7-19(12-22(15)31-20)30-24-27-23-21(32-24)3-2-8-25-23/h2-4,7-9,12,16-18H,5-6,10-11,13H2,1H3,(H,26,29)/t16?,17-,18+. The van der Waals surface area contributed by atoms with E-state index in [1.54, 1.807) is 13.1 Å². The molecular weight excluding hydrogens is 440 g/mol. The van der Waals surface area contributed by atoms with Gasteiger partial charge in [-0.3, -0.25) is 9.69 Å². The predicted octanol–water partition coefficient (Wildman–Crippen LogP) is 5.33. The lowest BCUT2D eigenvalue weighted by atomic mass is 9.97. The zero-order valence-corrected chi connectivity index (χ0v) is 19.4. The number of thiophene rings is 1. The van der Waals surface area contributed by atoms with Gasteiger partial charge in [0.1, 0.15) is 5.75 Å². The van der Waals surface area contributed by atoms with Crippen molar-refractivity contribution in [1.82, 2.24) is 20.2 Å². The van der Waals surface area contributed by atoms with Crippen molar-refractivity contribution in [2.75, 3.05) is 0 Å². The summed E-state index contributed by atoms with van der Waals surface area (Å²) >= 11 is 3.35. The van der Waals surface area contributed by atoms with E-state index in [-0.39, 0.29) is 5.91 Å². The summed E-state index contributed by atoms with van der Waals surface area (Å²) < 4.78 is 8.31. The first-order valence-corrected chi connectivity index (χ1v) is 12.7. The molecule has 4 aromatic rings. The number of pyridine rings is 1. The molecule has 2 fully saturated rings. The SMILES string of the molecule is CC(=O)NC1C[C@H]2CC[C@@H](C1)N2Cc1cc2ccc(Oc3nc4ncccc4s3)cc2s1. The number of carbonyl (C=O) groups excluding carboxylic acids is 1. The summed E-state index contributed by atoms with van der Waals surface area (Å²) in [6.45, 7) is 2.61. The topological polar surface area (TPSA) is 67.4 Å². The van der Waals surface area contributed by atoms with Crippen LogP contribution in [0.3, 0.4) is 0 Å². The smallest absolute Gasteiger partial charge is 0.281 e. The molecule has 2 saturated heterocycles. The molecule has 0 spiro atoms. The second-order valence-electron chi connectivity index (χ2n) is 8.75. The number of hydrogen-bond donors (Lipinski definition) is 1. The molecule has 32 heavy (non-hydrogen) atoms. The Bertz CT molecular complexity index is 1250. The number of ether oxygens (including phenoxy) is 1. The molecular formula is C24H24N4O2S2. The van der Waals surface area contributed by atoms with Crippen molar-refractivity contribution in [2.45, 2.75) is 57.3 Å². The highest BCUT2D eigenvalue weighted by molar-refractivity contribution is 7.20. The van der Waals surface area contributed by atoms with Crippen molar-refractivity contribution in [3.63, 3.8) is 0 Å². The van der Waals surface area contributed by atoms with E-state index in [0.717, 1.165) is 35.5 Å². The molecule has 1 aromatic carbocycles. The van der Waals surface area contributed by atoms with Crippen molar-refractivity contribution in [2.24, 2.45) is 0 Å². The van der Waals surface area contributed by atoms with Crippen molar-refractivity contribution in [3.8, 4) is 10.9 Å². The number of thiazole rings is 1. The quantitative estimate of drug-likeness (QED) is 0.432. The molecule has 0 radical (unpaired) electrons. The number of benzene rings is 1. The van der Waals surface area contributed by atoms with Crippen molar-refractivity contribution in [3.05, 3.63) is 47.5 Å². The van der Waals surface area contributed by atoms with Crippen LogP contribution >= 0.6 is 22.7 Å². The number of hydrogen-bond acceptors (Lipinski definition) is 7. The second-order valence-corrected chi connectivity index (χ2v) is 10.9.